The zero-order chi connectivity index (χ0) is 18.1. The summed E-state index contributed by atoms with van der Waals surface area (Å²) < 4.78 is 2.26. The maximum Gasteiger partial charge on any atom is 0.0989 e. The summed E-state index contributed by atoms with van der Waals surface area (Å²) in [6.07, 6.45) is 17.8. The Labute approximate surface area is 157 Å². The zero-order valence-corrected chi connectivity index (χ0v) is 16.4. The number of rotatable bonds is 1. The van der Waals surface area contributed by atoms with Crippen LogP contribution in [0.4, 0.5) is 0 Å². The molecule has 1 aromatic rings. The van der Waals surface area contributed by atoms with Gasteiger partial charge in [-0.05, 0) is 67.6 Å². The van der Waals surface area contributed by atoms with E-state index in [9.17, 15) is 5.11 Å². The Hall–Kier alpha value is -1.35. The number of aliphatic hydroxyl groups excluding tert-OH is 1. The second-order valence-electron chi connectivity index (χ2n) is 9.91. The highest BCUT2D eigenvalue weighted by molar-refractivity contribution is 5.57. The fourth-order valence-electron chi connectivity index (χ4n) is 7.35. The monoisotopic (exact) mass is 352 g/mol. The molecule has 4 aliphatic carbocycles. The average molecular weight is 353 g/mol. The van der Waals surface area contributed by atoms with Gasteiger partial charge in [0, 0.05) is 23.5 Å². The minimum atomic E-state index is -0.118. The van der Waals surface area contributed by atoms with Crippen LogP contribution in [0.5, 0.6) is 0 Å². The molecular weight excluding hydrogens is 320 g/mol. The molecule has 2 saturated carbocycles. The van der Waals surface area contributed by atoms with Gasteiger partial charge in [0.1, 0.15) is 0 Å². The third kappa shape index (κ3) is 2.13. The largest absolute Gasteiger partial charge is 0.393 e. The Morgan fingerprint density at radius 3 is 2.73 bits per heavy atom. The van der Waals surface area contributed by atoms with Gasteiger partial charge in [-0.2, -0.15) is 0 Å². The smallest absolute Gasteiger partial charge is 0.0989 e. The molecule has 5 rings (SSSR count). The summed E-state index contributed by atoms with van der Waals surface area (Å²) in [4.78, 5) is 4.29. The van der Waals surface area contributed by atoms with Crippen molar-refractivity contribution in [3.8, 4) is 0 Å². The summed E-state index contributed by atoms with van der Waals surface area (Å²) in [7, 11) is 0. The van der Waals surface area contributed by atoms with Crippen molar-refractivity contribution >= 4 is 5.70 Å². The Bertz CT molecular complexity index is 763. The zero-order valence-electron chi connectivity index (χ0n) is 16.4. The number of allylic oxidation sites excluding steroid dienone is 3. The van der Waals surface area contributed by atoms with Crippen LogP contribution in [0.3, 0.4) is 0 Å². The van der Waals surface area contributed by atoms with Crippen LogP contribution in [0.15, 0.2) is 36.4 Å². The van der Waals surface area contributed by atoms with Gasteiger partial charge in [0.2, 0.25) is 0 Å². The normalized spacial score (nSPS) is 47.5. The Kier molecular flexibility index (Phi) is 3.60. The van der Waals surface area contributed by atoms with Crippen molar-refractivity contribution < 1.29 is 5.11 Å². The topological polar surface area (TPSA) is 38.0 Å². The number of imidazole rings is 1. The van der Waals surface area contributed by atoms with Crippen LogP contribution in [0.2, 0.25) is 0 Å². The van der Waals surface area contributed by atoms with E-state index in [-0.39, 0.29) is 11.5 Å². The second kappa shape index (κ2) is 5.58. The third-order valence-corrected chi connectivity index (χ3v) is 8.73. The minimum absolute atomic E-state index is 0.118. The van der Waals surface area contributed by atoms with Gasteiger partial charge in [0.05, 0.1) is 12.4 Å². The van der Waals surface area contributed by atoms with E-state index < -0.39 is 0 Å². The standard InChI is InChI=1S/C23H32N2O/c1-15-12-16-13-17(26)6-8-22(16,2)19-7-9-23(3)18(21(15)19)4-5-20(23)25-11-10-24-14-25/h5,10-12,14-15,17-19,21,26H,4,6-9,13H2,1-3H3/t15-,17-,18+,19+,21+,22+,23+/m1/s1. The molecule has 1 aromatic heterocycles. The van der Waals surface area contributed by atoms with Crippen LogP contribution in [-0.2, 0) is 0 Å². The average Bonchev–Trinajstić information content (AvgIpc) is 3.23. The highest BCUT2D eigenvalue weighted by atomic mass is 16.3. The predicted octanol–water partition coefficient (Wildman–Crippen LogP) is 4.90. The second-order valence-corrected chi connectivity index (χ2v) is 9.91. The highest BCUT2D eigenvalue weighted by Gasteiger charge is 2.58. The van der Waals surface area contributed by atoms with Crippen molar-refractivity contribution in [1.82, 2.24) is 9.55 Å². The molecule has 0 bridgehead atoms. The lowest BCUT2D eigenvalue weighted by Gasteiger charge is -2.59. The summed E-state index contributed by atoms with van der Waals surface area (Å²) in [6.45, 7) is 7.45. The van der Waals surface area contributed by atoms with Gasteiger partial charge >= 0.3 is 0 Å². The van der Waals surface area contributed by atoms with E-state index in [1.54, 1.807) is 5.57 Å². The van der Waals surface area contributed by atoms with Gasteiger partial charge in [-0.1, -0.05) is 38.5 Å². The van der Waals surface area contributed by atoms with E-state index in [2.05, 4.69) is 48.7 Å². The maximum atomic E-state index is 10.2. The fourth-order valence-corrected chi connectivity index (χ4v) is 7.35. The van der Waals surface area contributed by atoms with E-state index in [1.807, 2.05) is 12.5 Å². The van der Waals surface area contributed by atoms with Crippen molar-refractivity contribution in [2.45, 2.75) is 65.4 Å². The Morgan fingerprint density at radius 2 is 1.96 bits per heavy atom. The first-order valence-electron chi connectivity index (χ1n) is 10.5. The number of aliphatic hydroxyl groups is 1. The van der Waals surface area contributed by atoms with Crippen molar-refractivity contribution in [1.29, 1.82) is 0 Å². The molecule has 1 heterocycles. The molecule has 0 spiro atoms. The SMILES string of the molecule is C[C@@H]1C=C2C[C@H](O)CC[C@]2(C)[C@H]2CC[C@]3(C)C(n4ccnc4)=CC[C@H]3[C@H]12. The van der Waals surface area contributed by atoms with E-state index in [0.717, 1.165) is 30.6 Å². The van der Waals surface area contributed by atoms with E-state index in [4.69, 9.17) is 0 Å². The summed E-state index contributed by atoms with van der Waals surface area (Å²) >= 11 is 0. The molecule has 0 aliphatic heterocycles. The number of aromatic nitrogens is 2. The minimum Gasteiger partial charge on any atom is -0.393 e. The molecular formula is C23H32N2O. The first kappa shape index (κ1) is 16.8. The molecule has 0 unspecified atom stereocenters. The van der Waals surface area contributed by atoms with Crippen molar-refractivity contribution in [3.05, 3.63) is 36.4 Å². The lowest BCUT2D eigenvalue weighted by molar-refractivity contribution is -0.0436. The highest BCUT2D eigenvalue weighted by Crippen LogP contribution is 2.66. The van der Waals surface area contributed by atoms with Gasteiger partial charge in [-0.3, -0.25) is 0 Å². The molecule has 3 heteroatoms. The molecule has 140 valence electrons. The van der Waals surface area contributed by atoms with E-state index in [1.165, 1.54) is 31.4 Å². The van der Waals surface area contributed by atoms with Crippen LogP contribution >= 0.6 is 0 Å². The van der Waals surface area contributed by atoms with Crippen LogP contribution in [0, 0.1) is 34.5 Å². The molecule has 0 aromatic carbocycles. The predicted molar refractivity (Wildman–Crippen MR) is 104 cm³/mol. The quantitative estimate of drug-likeness (QED) is 0.730. The number of hydrogen-bond donors (Lipinski definition) is 1. The Balaban J connectivity index is 1.52. The molecule has 1 N–H and O–H groups in total. The van der Waals surface area contributed by atoms with Gasteiger partial charge in [-0.25, -0.2) is 4.98 Å². The summed E-state index contributed by atoms with van der Waals surface area (Å²) in [5, 5.41) is 10.2. The third-order valence-electron chi connectivity index (χ3n) is 8.73. The van der Waals surface area contributed by atoms with Crippen LogP contribution in [-0.4, -0.2) is 20.8 Å². The van der Waals surface area contributed by atoms with E-state index in [0.29, 0.717) is 11.3 Å². The molecule has 2 fully saturated rings. The van der Waals surface area contributed by atoms with Gasteiger partial charge in [0.25, 0.3) is 0 Å². The van der Waals surface area contributed by atoms with Gasteiger partial charge in [0.15, 0.2) is 0 Å². The summed E-state index contributed by atoms with van der Waals surface area (Å²) in [5.74, 6) is 2.89. The molecule has 3 nitrogen and oxygen atoms in total. The summed E-state index contributed by atoms with van der Waals surface area (Å²) in [6, 6.07) is 0. The van der Waals surface area contributed by atoms with Gasteiger partial charge < -0.3 is 9.67 Å². The number of fused-ring (bicyclic) bond motifs is 5. The van der Waals surface area contributed by atoms with E-state index >= 15 is 0 Å². The molecule has 26 heavy (non-hydrogen) atoms. The van der Waals surface area contributed by atoms with Crippen molar-refractivity contribution in [2.75, 3.05) is 0 Å². The lowest BCUT2D eigenvalue weighted by atomic mass is 9.46. The Morgan fingerprint density at radius 1 is 1.15 bits per heavy atom. The molecule has 7 atom stereocenters. The lowest BCUT2D eigenvalue weighted by Crippen LogP contribution is -2.52. The van der Waals surface area contributed by atoms with Crippen LogP contribution in [0.1, 0.15) is 59.3 Å². The first-order valence-corrected chi connectivity index (χ1v) is 10.5. The summed E-state index contributed by atoms with van der Waals surface area (Å²) in [5.41, 5.74) is 3.63. The number of nitrogens with zero attached hydrogens (tertiary/aromatic N) is 2. The van der Waals surface area contributed by atoms with Crippen LogP contribution in [0.25, 0.3) is 5.70 Å². The molecule has 4 aliphatic rings. The van der Waals surface area contributed by atoms with Gasteiger partial charge in [-0.15, -0.1) is 0 Å². The van der Waals surface area contributed by atoms with Crippen LogP contribution < -0.4 is 0 Å². The molecule has 0 saturated heterocycles. The number of hydrogen-bond acceptors (Lipinski definition) is 2. The fraction of sp³-hybridized carbons (Fsp3) is 0.696. The maximum absolute atomic E-state index is 10.2. The van der Waals surface area contributed by atoms with Crippen molar-refractivity contribution in [2.24, 2.45) is 34.5 Å². The van der Waals surface area contributed by atoms with Crippen molar-refractivity contribution in [3.63, 3.8) is 0 Å². The molecule has 0 radical (unpaired) electrons. The first-order chi connectivity index (χ1) is 12.4. The molecule has 0 amide bonds.